The number of piperidine rings is 1. The standard InChI is InChI=1S/C13H26N2O2/c1-6-15-8-10(2)7-11(9-15)14-12(16)17-13(3,4)5/h10-11H,6-9H2,1-5H3,(H,14,16)/t10-,11+/m0/s1. The largest absolute Gasteiger partial charge is 0.444 e. The Balaban J connectivity index is 2.42. The van der Waals surface area contributed by atoms with Crippen molar-refractivity contribution in [2.45, 2.75) is 52.7 Å². The highest BCUT2D eigenvalue weighted by Gasteiger charge is 2.26. The lowest BCUT2D eigenvalue weighted by atomic mass is 9.96. The SMILES string of the molecule is CCN1C[C@@H](C)C[C@@H](NC(=O)OC(C)(C)C)C1. The number of likely N-dealkylation sites (N-methyl/N-ethyl adjacent to an activating group) is 1. The van der Waals surface area contributed by atoms with E-state index in [4.69, 9.17) is 4.74 Å². The van der Waals surface area contributed by atoms with E-state index in [2.05, 4.69) is 24.1 Å². The molecule has 2 atom stereocenters. The van der Waals surface area contributed by atoms with Crippen LogP contribution in [0.25, 0.3) is 0 Å². The molecule has 0 aromatic rings. The molecule has 0 saturated carbocycles. The summed E-state index contributed by atoms with van der Waals surface area (Å²) in [5, 5.41) is 2.97. The third-order valence-electron chi connectivity index (χ3n) is 2.90. The molecule has 0 aliphatic carbocycles. The maximum atomic E-state index is 11.7. The molecule has 1 aliphatic heterocycles. The van der Waals surface area contributed by atoms with E-state index in [1.807, 2.05) is 20.8 Å². The minimum Gasteiger partial charge on any atom is -0.444 e. The van der Waals surface area contributed by atoms with Crippen LogP contribution in [0, 0.1) is 5.92 Å². The predicted octanol–water partition coefficient (Wildman–Crippen LogP) is 2.24. The van der Waals surface area contributed by atoms with Crippen molar-refractivity contribution in [1.29, 1.82) is 0 Å². The van der Waals surface area contributed by atoms with E-state index >= 15 is 0 Å². The molecular weight excluding hydrogens is 216 g/mol. The Hall–Kier alpha value is -0.770. The van der Waals surface area contributed by atoms with Crippen LogP contribution in [0.3, 0.4) is 0 Å². The first-order chi connectivity index (χ1) is 7.80. The first-order valence-electron chi connectivity index (χ1n) is 6.52. The zero-order valence-electron chi connectivity index (χ0n) is 11.7. The van der Waals surface area contributed by atoms with Crippen LogP contribution in [0.2, 0.25) is 0 Å². The summed E-state index contributed by atoms with van der Waals surface area (Å²) >= 11 is 0. The van der Waals surface area contributed by atoms with E-state index in [1.54, 1.807) is 0 Å². The van der Waals surface area contributed by atoms with E-state index in [0.29, 0.717) is 5.92 Å². The molecule has 0 bridgehead atoms. The second-order valence-electron chi connectivity index (χ2n) is 6.04. The van der Waals surface area contributed by atoms with Crippen LogP contribution < -0.4 is 5.32 Å². The number of carbonyl (C=O) groups is 1. The number of amides is 1. The normalized spacial score (nSPS) is 26.6. The van der Waals surface area contributed by atoms with Gasteiger partial charge < -0.3 is 15.0 Å². The quantitative estimate of drug-likeness (QED) is 0.807. The molecular formula is C13H26N2O2. The molecule has 1 amide bonds. The van der Waals surface area contributed by atoms with Crippen molar-refractivity contribution in [3.05, 3.63) is 0 Å². The Morgan fingerprint density at radius 1 is 1.41 bits per heavy atom. The van der Waals surface area contributed by atoms with Crippen LogP contribution in [-0.2, 0) is 4.74 Å². The van der Waals surface area contributed by atoms with Gasteiger partial charge in [-0.3, -0.25) is 0 Å². The van der Waals surface area contributed by atoms with Crippen LogP contribution in [-0.4, -0.2) is 42.3 Å². The summed E-state index contributed by atoms with van der Waals surface area (Å²) in [5.74, 6) is 0.628. The second kappa shape index (κ2) is 5.71. The van der Waals surface area contributed by atoms with E-state index in [9.17, 15) is 4.79 Å². The molecule has 17 heavy (non-hydrogen) atoms. The fourth-order valence-electron chi connectivity index (χ4n) is 2.30. The predicted molar refractivity (Wildman–Crippen MR) is 69.1 cm³/mol. The number of likely N-dealkylation sites (tertiary alicyclic amines) is 1. The molecule has 0 spiro atoms. The van der Waals surface area contributed by atoms with Gasteiger partial charge in [-0.2, -0.15) is 0 Å². The number of hydrogen-bond donors (Lipinski definition) is 1. The number of alkyl carbamates (subject to hydrolysis) is 1. The third kappa shape index (κ3) is 5.39. The van der Waals surface area contributed by atoms with Crippen LogP contribution in [0.4, 0.5) is 4.79 Å². The lowest BCUT2D eigenvalue weighted by molar-refractivity contribution is 0.0456. The fraction of sp³-hybridized carbons (Fsp3) is 0.923. The van der Waals surface area contributed by atoms with Gasteiger partial charge in [0.25, 0.3) is 0 Å². The number of ether oxygens (including phenoxy) is 1. The van der Waals surface area contributed by atoms with Gasteiger partial charge in [0.1, 0.15) is 5.60 Å². The van der Waals surface area contributed by atoms with Gasteiger partial charge in [-0.25, -0.2) is 4.79 Å². The molecule has 1 aliphatic rings. The minimum atomic E-state index is -0.422. The zero-order chi connectivity index (χ0) is 13.1. The Morgan fingerprint density at radius 3 is 2.59 bits per heavy atom. The summed E-state index contributed by atoms with van der Waals surface area (Å²) in [7, 11) is 0. The van der Waals surface area contributed by atoms with Crippen LogP contribution in [0.15, 0.2) is 0 Å². The molecule has 1 heterocycles. The lowest BCUT2D eigenvalue weighted by Gasteiger charge is -2.36. The Morgan fingerprint density at radius 2 is 2.06 bits per heavy atom. The average molecular weight is 242 g/mol. The highest BCUT2D eigenvalue weighted by atomic mass is 16.6. The molecule has 0 aromatic carbocycles. The monoisotopic (exact) mass is 242 g/mol. The van der Waals surface area contributed by atoms with Crippen molar-refractivity contribution in [1.82, 2.24) is 10.2 Å². The van der Waals surface area contributed by atoms with Crippen molar-refractivity contribution in [3.63, 3.8) is 0 Å². The summed E-state index contributed by atoms with van der Waals surface area (Å²) in [6, 6.07) is 0.216. The summed E-state index contributed by atoms with van der Waals surface area (Å²) in [4.78, 5) is 14.0. The number of nitrogens with one attached hydrogen (secondary N) is 1. The highest BCUT2D eigenvalue weighted by Crippen LogP contribution is 2.16. The van der Waals surface area contributed by atoms with E-state index in [-0.39, 0.29) is 12.1 Å². The number of rotatable bonds is 2. The van der Waals surface area contributed by atoms with Crippen LogP contribution in [0.1, 0.15) is 41.0 Å². The Labute approximate surface area is 105 Å². The maximum Gasteiger partial charge on any atom is 0.407 e. The molecule has 0 aromatic heterocycles. The topological polar surface area (TPSA) is 41.6 Å². The van der Waals surface area contributed by atoms with Gasteiger partial charge in [0.2, 0.25) is 0 Å². The average Bonchev–Trinajstić information content (AvgIpc) is 2.13. The molecule has 4 nitrogen and oxygen atoms in total. The first-order valence-corrected chi connectivity index (χ1v) is 6.52. The Kier molecular flexibility index (Phi) is 4.80. The van der Waals surface area contributed by atoms with Crippen LogP contribution >= 0.6 is 0 Å². The van der Waals surface area contributed by atoms with Crippen molar-refractivity contribution in [3.8, 4) is 0 Å². The van der Waals surface area contributed by atoms with Gasteiger partial charge in [-0.15, -0.1) is 0 Å². The first kappa shape index (κ1) is 14.3. The molecule has 1 fully saturated rings. The van der Waals surface area contributed by atoms with Crippen molar-refractivity contribution in [2.75, 3.05) is 19.6 Å². The molecule has 0 unspecified atom stereocenters. The fourth-order valence-corrected chi connectivity index (χ4v) is 2.30. The van der Waals surface area contributed by atoms with E-state index in [0.717, 1.165) is 26.1 Å². The summed E-state index contributed by atoms with van der Waals surface area (Å²) < 4.78 is 5.28. The number of nitrogens with zero attached hydrogens (tertiary/aromatic N) is 1. The molecule has 1 N–H and O–H groups in total. The minimum absolute atomic E-state index is 0.216. The molecule has 1 saturated heterocycles. The van der Waals surface area contributed by atoms with Gasteiger partial charge in [-0.05, 0) is 39.7 Å². The van der Waals surface area contributed by atoms with Crippen molar-refractivity contribution >= 4 is 6.09 Å². The number of hydrogen-bond acceptors (Lipinski definition) is 3. The molecule has 0 radical (unpaired) electrons. The third-order valence-corrected chi connectivity index (χ3v) is 2.90. The summed E-state index contributed by atoms with van der Waals surface area (Å²) in [6.07, 6.45) is 0.739. The highest BCUT2D eigenvalue weighted by molar-refractivity contribution is 5.68. The number of carbonyl (C=O) groups excluding carboxylic acids is 1. The second-order valence-corrected chi connectivity index (χ2v) is 6.04. The smallest absolute Gasteiger partial charge is 0.407 e. The van der Waals surface area contributed by atoms with Gasteiger partial charge in [-0.1, -0.05) is 13.8 Å². The van der Waals surface area contributed by atoms with E-state index < -0.39 is 5.60 Å². The summed E-state index contributed by atoms with van der Waals surface area (Å²) in [6.45, 7) is 13.1. The van der Waals surface area contributed by atoms with Crippen molar-refractivity contribution < 1.29 is 9.53 Å². The lowest BCUT2D eigenvalue weighted by Crippen LogP contribution is -2.51. The zero-order valence-corrected chi connectivity index (χ0v) is 11.7. The van der Waals surface area contributed by atoms with E-state index in [1.165, 1.54) is 0 Å². The molecule has 4 heteroatoms. The molecule has 100 valence electrons. The van der Waals surface area contributed by atoms with Gasteiger partial charge in [0.05, 0.1) is 0 Å². The summed E-state index contributed by atoms with van der Waals surface area (Å²) in [5.41, 5.74) is -0.422. The molecule has 1 rings (SSSR count). The van der Waals surface area contributed by atoms with Gasteiger partial charge in [0, 0.05) is 19.1 Å². The van der Waals surface area contributed by atoms with Crippen molar-refractivity contribution in [2.24, 2.45) is 5.92 Å². The Bertz CT molecular complexity index is 261. The maximum absolute atomic E-state index is 11.7. The van der Waals surface area contributed by atoms with Crippen LogP contribution in [0.5, 0.6) is 0 Å². The van der Waals surface area contributed by atoms with Gasteiger partial charge >= 0.3 is 6.09 Å². The van der Waals surface area contributed by atoms with Gasteiger partial charge in [0.15, 0.2) is 0 Å².